The molecule has 0 spiro atoms. The largest absolute Gasteiger partial charge is 0.490 e. The molecule has 3 heteroatoms. The van der Waals surface area contributed by atoms with Crippen molar-refractivity contribution >= 4 is 26.7 Å². The highest BCUT2D eigenvalue weighted by molar-refractivity contribution is 9.10. The van der Waals surface area contributed by atoms with E-state index in [4.69, 9.17) is 4.74 Å². The summed E-state index contributed by atoms with van der Waals surface area (Å²) in [7, 11) is 0. The van der Waals surface area contributed by atoms with E-state index >= 15 is 0 Å². The molecular weight excluding hydrogens is 362 g/mol. The highest BCUT2D eigenvalue weighted by atomic mass is 79.9. The summed E-state index contributed by atoms with van der Waals surface area (Å²) < 4.78 is 7.27. The summed E-state index contributed by atoms with van der Waals surface area (Å²) in [6.07, 6.45) is 6.06. The van der Waals surface area contributed by atoms with Crippen molar-refractivity contribution in [2.75, 3.05) is 0 Å². The Balaban J connectivity index is 1.61. The molecule has 3 aromatic rings. The Morgan fingerprint density at radius 2 is 1.83 bits per heavy atom. The molecule has 0 saturated carbocycles. The highest BCUT2D eigenvalue weighted by Crippen LogP contribution is 2.26. The first kappa shape index (κ1) is 17.0. The monoisotopic (exact) mass is 383 g/mol. The number of aromatic nitrogens is 1. The smallest absolute Gasteiger partial charge is 0.120 e. The first-order chi connectivity index (χ1) is 11.6. The first-order valence-corrected chi connectivity index (χ1v) is 9.16. The minimum atomic E-state index is 0.176. The third-order valence-corrected chi connectivity index (χ3v) is 5.00. The van der Waals surface area contributed by atoms with Gasteiger partial charge in [0, 0.05) is 16.9 Å². The number of hydrogen-bond donors (Lipinski definition) is 0. The van der Waals surface area contributed by atoms with Crippen molar-refractivity contribution in [3.63, 3.8) is 0 Å². The number of benzene rings is 2. The molecule has 0 amide bonds. The predicted octanol–water partition coefficient (Wildman–Crippen LogP) is 6.03. The van der Waals surface area contributed by atoms with Gasteiger partial charge < -0.3 is 4.74 Å². The molecule has 0 radical (unpaired) electrons. The second kappa shape index (κ2) is 7.80. The van der Waals surface area contributed by atoms with Crippen LogP contribution in [0.15, 0.2) is 65.4 Å². The number of nitrogens with zero attached hydrogens (tertiary/aromatic N) is 1. The topological polar surface area (TPSA) is 22.1 Å². The fraction of sp³-hybridized carbons (Fsp3) is 0.286. The molecule has 2 aromatic carbocycles. The molecule has 0 aliphatic rings. The second-order valence-corrected chi connectivity index (χ2v) is 7.27. The summed E-state index contributed by atoms with van der Waals surface area (Å²) >= 11 is 3.51. The lowest BCUT2D eigenvalue weighted by atomic mass is 9.97. The summed E-state index contributed by atoms with van der Waals surface area (Å²) in [5.74, 6) is 1.41. The molecule has 1 aromatic heterocycles. The zero-order valence-electron chi connectivity index (χ0n) is 14.1. The molecule has 2 unspecified atom stereocenters. The van der Waals surface area contributed by atoms with Crippen molar-refractivity contribution < 1.29 is 4.74 Å². The van der Waals surface area contributed by atoms with Crippen LogP contribution in [0.4, 0.5) is 0 Å². The zero-order chi connectivity index (χ0) is 16.9. The normalized spacial score (nSPS) is 13.6. The first-order valence-electron chi connectivity index (χ1n) is 8.37. The Bertz CT molecular complexity index is 803. The number of ether oxygens (including phenoxy) is 1. The maximum absolute atomic E-state index is 6.18. The fourth-order valence-electron chi connectivity index (χ4n) is 2.77. The van der Waals surface area contributed by atoms with Crippen LogP contribution in [0.5, 0.6) is 5.75 Å². The van der Waals surface area contributed by atoms with E-state index < -0.39 is 0 Å². The molecule has 2 nitrogen and oxygen atoms in total. The van der Waals surface area contributed by atoms with Crippen molar-refractivity contribution in [3.8, 4) is 5.75 Å². The lowest BCUT2D eigenvalue weighted by Gasteiger charge is -2.22. The number of fused-ring (bicyclic) bond motifs is 1. The van der Waals surface area contributed by atoms with Crippen LogP contribution in [-0.2, 0) is 6.42 Å². The fourth-order valence-corrected chi connectivity index (χ4v) is 3.15. The second-order valence-electron chi connectivity index (χ2n) is 6.35. The van der Waals surface area contributed by atoms with E-state index in [1.807, 2.05) is 18.5 Å². The van der Waals surface area contributed by atoms with Crippen molar-refractivity contribution in [3.05, 3.63) is 71.0 Å². The summed E-state index contributed by atoms with van der Waals surface area (Å²) in [6.45, 7) is 4.40. The van der Waals surface area contributed by atoms with Gasteiger partial charge in [-0.25, -0.2) is 0 Å². The highest BCUT2D eigenvalue weighted by Gasteiger charge is 2.14. The van der Waals surface area contributed by atoms with Crippen LogP contribution in [0.1, 0.15) is 25.8 Å². The van der Waals surface area contributed by atoms with E-state index in [2.05, 4.69) is 77.2 Å². The van der Waals surface area contributed by atoms with Crippen molar-refractivity contribution in [1.29, 1.82) is 0 Å². The summed E-state index contributed by atoms with van der Waals surface area (Å²) in [4.78, 5) is 4.18. The number of rotatable bonds is 6. The summed E-state index contributed by atoms with van der Waals surface area (Å²) in [6, 6.07) is 16.7. The van der Waals surface area contributed by atoms with Crippen molar-refractivity contribution in [2.45, 2.75) is 32.8 Å². The maximum atomic E-state index is 6.18. The molecule has 0 saturated heterocycles. The van der Waals surface area contributed by atoms with Gasteiger partial charge in [-0.15, -0.1) is 0 Å². The molecule has 124 valence electrons. The van der Waals surface area contributed by atoms with E-state index in [1.165, 1.54) is 16.3 Å². The third kappa shape index (κ3) is 4.35. The Labute approximate surface area is 152 Å². The molecule has 3 rings (SSSR count). The molecule has 0 aliphatic heterocycles. The van der Waals surface area contributed by atoms with Crippen LogP contribution >= 0.6 is 15.9 Å². The van der Waals surface area contributed by atoms with E-state index in [1.54, 1.807) is 0 Å². The van der Waals surface area contributed by atoms with Crippen LogP contribution in [-0.4, -0.2) is 11.1 Å². The lowest BCUT2D eigenvalue weighted by Crippen LogP contribution is -2.21. The van der Waals surface area contributed by atoms with Gasteiger partial charge in [-0.1, -0.05) is 41.1 Å². The number of aryl methyl sites for hydroxylation is 1. The summed E-state index contributed by atoms with van der Waals surface area (Å²) in [5, 5.41) is 2.42. The van der Waals surface area contributed by atoms with Crippen LogP contribution in [0.2, 0.25) is 0 Å². The average Bonchev–Trinajstić information content (AvgIpc) is 2.60. The van der Waals surface area contributed by atoms with Gasteiger partial charge in [-0.3, -0.25) is 4.98 Å². The van der Waals surface area contributed by atoms with E-state index in [-0.39, 0.29) is 6.10 Å². The molecule has 1 heterocycles. The molecule has 0 fully saturated rings. The molecule has 24 heavy (non-hydrogen) atoms. The van der Waals surface area contributed by atoms with Gasteiger partial charge in [0.25, 0.3) is 0 Å². The van der Waals surface area contributed by atoms with Crippen LogP contribution in [0.25, 0.3) is 10.8 Å². The summed E-state index contributed by atoms with van der Waals surface area (Å²) in [5.41, 5.74) is 1.29. The Morgan fingerprint density at radius 3 is 2.62 bits per heavy atom. The Hall–Kier alpha value is -1.87. The lowest BCUT2D eigenvalue weighted by molar-refractivity contribution is 0.155. The molecular formula is C21H22BrNO. The third-order valence-electron chi connectivity index (χ3n) is 4.51. The minimum Gasteiger partial charge on any atom is -0.490 e. The Kier molecular flexibility index (Phi) is 5.52. The number of halogens is 1. The van der Waals surface area contributed by atoms with Crippen molar-refractivity contribution in [1.82, 2.24) is 4.98 Å². The van der Waals surface area contributed by atoms with E-state index in [9.17, 15) is 0 Å². The predicted molar refractivity (Wildman–Crippen MR) is 103 cm³/mol. The van der Waals surface area contributed by atoms with Crippen LogP contribution in [0.3, 0.4) is 0 Å². The van der Waals surface area contributed by atoms with Gasteiger partial charge in [0.2, 0.25) is 0 Å². The molecule has 0 aliphatic carbocycles. The SMILES string of the molecule is CC(CCc1cccnc1)C(C)Oc1ccc2cc(Br)ccc2c1. The maximum Gasteiger partial charge on any atom is 0.120 e. The van der Waals surface area contributed by atoms with Gasteiger partial charge in [0.1, 0.15) is 5.75 Å². The van der Waals surface area contributed by atoms with Gasteiger partial charge >= 0.3 is 0 Å². The number of pyridine rings is 1. The van der Waals surface area contributed by atoms with Gasteiger partial charge in [0.05, 0.1) is 6.10 Å². The number of hydrogen-bond acceptors (Lipinski definition) is 2. The Morgan fingerprint density at radius 1 is 1.04 bits per heavy atom. The van der Waals surface area contributed by atoms with Crippen LogP contribution in [0, 0.1) is 5.92 Å². The molecule has 0 bridgehead atoms. The molecule has 2 atom stereocenters. The minimum absolute atomic E-state index is 0.176. The average molecular weight is 384 g/mol. The quantitative estimate of drug-likeness (QED) is 0.517. The van der Waals surface area contributed by atoms with Crippen molar-refractivity contribution in [2.24, 2.45) is 5.92 Å². The van der Waals surface area contributed by atoms with E-state index in [0.717, 1.165) is 23.1 Å². The van der Waals surface area contributed by atoms with Gasteiger partial charge in [-0.2, -0.15) is 0 Å². The molecule has 0 N–H and O–H groups in total. The zero-order valence-corrected chi connectivity index (χ0v) is 15.7. The van der Waals surface area contributed by atoms with Crippen LogP contribution < -0.4 is 4.74 Å². The van der Waals surface area contributed by atoms with Gasteiger partial charge in [-0.05, 0) is 72.4 Å². The standard InChI is InChI=1S/C21H22BrNO/c1-15(5-6-17-4-3-11-23-14-17)16(2)24-21-10-8-18-12-20(22)9-7-19(18)13-21/h3-4,7-16H,5-6H2,1-2H3. The van der Waals surface area contributed by atoms with E-state index in [0.29, 0.717) is 5.92 Å². The van der Waals surface area contributed by atoms with Gasteiger partial charge in [0.15, 0.2) is 0 Å².